The van der Waals surface area contributed by atoms with Crippen LogP contribution in [-0.2, 0) is 5.75 Å². The highest BCUT2D eigenvalue weighted by Crippen LogP contribution is 2.19. The zero-order valence-corrected chi connectivity index (χ0v) is 12.5. The van der Waals surface area contributed by atoms with Gasteiger partial charge in [-0.1, -0.05) is 26.0 Å². The Bertz CT molecular complexity index is 410. The number of amides is 2. The van der Waals surface area contributed by atoms with E-state index in [0.717, 1.165) is 11.4 Å². The second-order valence-electron chi connectivity index (χ2n) is 4.74. The molecular formula is C14H22N2O2S. The van der Waals surface area contributed by atoms with E-state index in [9.17, 15) is 4.79 Å². The second kappa shape index (κ2) is 8.07. The van der Waals surface area contributed by atoms with Gasteiger partial charge in [0.25, 0.3) is 0 Å². The van der Waals surface area contributed by atoms with E-state index in [2.05, 4.69) is 30.5 Å². The molecule has 0 bridgehead atoms. The minimum Gasteiger partial charge on any atom is -0.394 e. The first-order valence-electron chi connectivity index (χ1n) is 6.40. The molecule has 0 saturated heterocycles. The monoisotopic (exact) mass is 282 g/mol. The number of carbonyl (C=O) groups is 1. The zero-order chi connectivity index (χ0) is 14.3. The van der Waals surface area contributed by atoms with Crippen LogP contribution >= 0.6 is 11.8 Å². The molecule has 1 rings (SSSR count). The topological polar surface area (TPSA) is 61.4 Å². The van der Waals surface area contributed by atoms with Crippen LogP contribution in [0.5, 0.6) is 0 Å². The van der Waals surface area contributed by atoms with Gasteiger partial charge in [0.05, 0.1) is 12.6 Å². The van der Waals surface area contributed by atoms with Crippen LogP contribution in [0.25, 0.3) is 0 Å². The quantitative estimate of drug-likeness (QED) is 0.752. The van der Waals surface area contributed by atoms with Crippen LogP contribution in [0.4, 0.5) is 10.5 Å². The molecule has 5 heteroatoms. The van der Waals surface area contributed by atoms with Crippen LogP contribution in [0.3, 0.4) is 0 Å². The molecule has 2 amide bonds. The maximum Gasteiger partial charge on any atom is 0.319 e. The van der Waals surface area contributed by atoms with Gasteiger partial charge in [-0.2, -0.15) is 11.8 Å². The van der Waals surface area contributed by atoms with E-state index in [1.807, 2.05) is 30.0 Å². The summed E-state index contributed by atoms with van der Waals surface area (Å²) in [5, 5.41) is 14.9. The molecule has 0 radical (unpaired) electrons. The number of thioether (sulfide) groups is 1. The maximum absolute atomic E-state index is 11.6. The van der Waals surface area contributed by atoms with Crippen LogP contribution in [0, 0.1) is 0 Å². The summed E-state index contributed by atoms with van der Waals surface area (Å²) >= 11 is 1.86. The van der Waals surface area contributed by atoms with Crippen LogP contribution in [0.2, 0.25) is 0 Å². The van der Waals surface area contributed by atoms with Gasteiger partial charge in [-0.3, -0.25) is 0 Å². The molecule has 0 spiro atoms. The van der Waals surface area contributed by atoms with Crippen molar-refractivity contribution in [2.75, 3.05) is 11.9 Å². The molecule has 106 valence electrons. The van der Waals surface area contributed by atoms with Crippen molar-refractivity contribution in [2.45, 2.75) is 37.8 Å². The number of benzene rings is 1. The Balaban J connectivity index is 2.54. The molecule has 0 aromatic heterocycles. The van der Waals surface area contributed by atoms with E-state index < -0.39 is 0 Å². The number of carbonyl (C=O) groups excluding carboxylic acids is 1. The lowest BCUT2D eigenvalue weighted by Crippen LogP contribution is -2.38. The number of anilines is 1. The molecule has 19 heavy (non-hydrogen) atoms. The number of hydrogen-bond acceptors (Lipinski definition) is 3. The molecule has 1 aromatic carbocycles. The predicted octanol–water partition coefficient (Wildman–Crippen LogP) is 2.83. The van der Waals surface area contributed by atoms with Gasteiger partial charge in [-0.05, 0) is 29.9 Å². The van der Waals surface area contributed by atoms with Crippen molar-refractivity contribution in [3.8, 4) is 0 Å². The standard InChI is InChI=1S/C14H22N2O2S/c1-10(2)19-9-12-5-4-6-13(7-12)16-14(18)15-11(3)8-17/h4-7,10-11,17H,8-9H2,1-3H3,(H2,15,16,18)/t11-/m0/s1. The number of rotatable bonds is 6. The average Bonchev–Trinajstić information content (AvgIpc) is 2.36. The smallest absolute Gasteiger partial charge is 0.319 e. The Morgan fingerprint density at radius 1 is 1.37 bits per heavy atom. The summed E-state index contributed by atoms with van der Waals surface area (Å²) in [7, 11) is 0. The molecule has 3 N–H and O–H groups in total. The number of nitrogens with one attached hydrogen (secondary N) is 2. The first kappa shape index (κ1) is 15.9. The van der Waals surface area contributed by atoms with E-state index in [1.165, 1.54) is 5.56 Å². The lowest BCUT2D eigenvalue weighted by atomic mass is 10.2. The third-order valence-corrected chi connectivity index (χ3v) is 3.59. The lowest BCUT2D eigenvalue weighted by molar-refractivity contribution is 0.229. The third-order valence-electron chi connectivity index (χ3n) is 2.42. The summed E-state index contributed by atoms with van der Waals surface area (Å²) in [5.41, 5.74) is 1.95. The van der Waals surface area contributed by atoms with E-state index in [-0.39, 0.29) is 18.7 Å². The minimum absolute atomic E-state index is 0.0709. The second-order valence-corrected chi connectivity index (χ2v) is 6.31. The van der Waals surface area contributed by atoms with Crippen molar-refractivity contribution in [2.24, 2.45) is 0 Å². The Hall–Kier alpha value is -1.20. The average molecular weight is 282 g/mol. The first-order chi connectivity index (χ1) is 9.01. The number of aliphatic hydroxyl groups is 1. The highest BCUT2D eigenvalue weighted by atomic mass is 32.2. The Morgan fingerprint density at radius 2 is 2.11 bits per heavy atom. The summed E-state index contributed by atoms with van der Waals surface area (Å²) in [6, 6.07) is 7.26. The van der Waals surface area contributed by atoms with Crippen molar-refractivity contribution in [3.63, 3.8) is 0 Å². The van der Waals surface area contributed by atoms with Crippen molar-refractivity contribution >= 4 is 23.5 Å². The Kier molecular flexibility index (Phi) is 6.73. The van der Waals surface area contributed by atoms with Gasteiger partial charge >= 0.3 is 6.03 Å². The highest BCUT2D eigenvalue weighted by molar-refractivity contribution is 7.99. The van der Waals surface area contributed by atoms with Gasteiger partial charge in [0.15, 0.2) is 0 Å². The molecule has 4 nitrogen and oxygen atoms in total. The molecule has 0 aliphatic heterocycles. The summed E-state index contributed by atoms with van der Waals surface area (Å²) in [4.78, 5) is 11.6. The summed E-state index contributed by atoms with van der Waals surface area (Å²) < 4.78 is 0. The molecule has 0 heterocycles. The molecular weight excluding hydrogens is 260 g/mol. The van der Waals surface area contributed by atoms with Crippen molar-refractivity contribution in [1.29, 1.82) is 0 Å². The summed E-state index contributed by atoms with van der Waals surface area (Å²) in [6.07, 6.45) is 0. The van der Waals surface area contributed by atoms with Gasteiger partial charge in [-0.15, -0.1) is 0 Å². The Morgan fingerprint density at radius 3 is 2.74 bits per heavy atom. The number of urea groups is 1. The highest BCUT2D eigenvalue weighted by Gasteiger charge is 2.06. The lowest BCUT2D eigenvalue weighted by Gasteiger charge is -2.12. The summed E-state index contributed by atoms with van der Waals surface area (Å²) in [5.74, 6) is 0.932. The van der Waals surface area contributed by atoms with Gasteiger partial charge < -0.3 is 15.7 Å². The number of hydrogen-bond donors (Lipinski definition) is 3. The summed E-state index contributed by atoms with van der Waals surface area (Å²) in [6.45, 7) is 6.00. The van der Waals surface area contributed by atoms with E-state index in [0.29, 0.717) is 5.25 Å². The molecule has 0 saturated carbocycles. The zero-order valence-electron chi connectivity index (χ0n) is 11.6. The maximum atomic E-state index is 11.6. The van der Waals surface area contributed by atoms with Crippen LogP contribution in [-0.4, -0.2) is 29.0 Å². The van der Waals surface area contributed by atoms with Crippen LogP contribution < -0.4 is 10.6 Å². The van der Waals surface area contributed by atoms with Gasteiger partial charge in [0.2, 0.25) is 0 Å². The molecule has 0 fully saturated rings. The molecule has 0 aliphatic rings. The van der Waals surface area contributed by atoms with E-state index in [4.69, 9.17) is 5.11 Å². The van der Waals surface area contributed by atoms with Crippen molar-refractivity contribution < 1.29 is 9.90 Å². The predicted molar refractivity (Wildman–Crippen MR) is 81.6 cm³/mol. The molecule has 1 aromatic rings. The Labute approximate surface area is 119 Å². The van der Waals surface area contributed by atoms with E-state index in [1.54, 1.807) is 6.92 Å². The van der Waals surface area contributed by atoms with Gasteiger partial charge in [0.1, 0.15) is 0 Å². The fraction of sp³-hybridized carbons (Fsp3) is 0.500. The van der Waals surface area contributed by atoms with Crippen LogP contribution in [0.15, 0.2) is 24.3 Å². The first-order valence-corrected chi connectivity index (χ1v) is 7.45. The minimum atomic E-state index is -0.296. The van der Waals surface area contributed by atoms with Gasteiger partial charge in [-0.25, -0.2) is 4.79 Å². The molecule has 0 aliphatic carbocycles. The largest absolute Gasteiger partial charge is 0.394 e. The fourth-order valence-corrected chi connectivity index (χ4v) is 2.14. The van der Waals surface area contributed by atoms with Crippen molar-refractivity contribution in [3.05, 3.63) is 29.8 Å². The van der Waals surface area contributed by atoms with Crippen LogP contribution in [0.1, 0.15) is 26.3 Å². The van der Waals surface area contributed by atoms with Crippen molar-refractivity contribution in [1.82, 2.24) is 5.32 Å². The fourth-order valence-electron chi connectivity index (χ4n) is 1.44. The normalized spacial score (nSPS) is 12.3. The number of aliphatic hydroxyl groups excluding tert-OH is 1. The van der Waals surface area contributed by atoms with Gasteiger partial charge in [0, 0.05) is 11.4 Å². The molecule has 0 unspecified atom stereocenters. The SMILES string of the molecule is CC(C)SCc1cccc(NC(=O)N[C@@H](C)CO)c1. The molecule has 1 atom stereocenters. The van der Waals surface area contributed by atoms with E-state index >= 15 is 0 Å². The third kappa shape index (κ3) is 6.50.